The standard InChI is InChI=1S/C48H56O8/c49-26-1-27-50-40-10-2-36(3-11-40)47(37-4-12-41(13-5-37)51-28-44-31-54-44)22-18-34(19-23-47)35-20-24-48(25-21-35,38-6-14-42(15-7-38)52-29-45-32-55-45)39-8-16-43(17-9-39)53-30-46-33-56-46/h2-17,34-35,44-46,49H,1,18-33H2. The second-order valence-corrected chi connectivity index (χ2v) is 16.7. The molecule has 2 saturated carbocycles. The van der Waals surface area contributed by atoms with E-state index >= 15 is 0 Å². The number of rotatable bonds is 18. The molecule has 0 radical (unpaired) electrons. The van der Waals surface area contributed by atoms with Gasteiger partial charge in [-0.2, -0.15) is 0 Å². The molecule has 56 heavy (non-hydrogen) atoms. The number of benzene rings is 4. The fraction of sp³-hybridized carbons (Fsp3) is 0.500. The molecule has 5 fully saturated rings. The van der Waals surface area contributed by atoms with Crippen molar-refractivity contribution in [3.8, 4) is 23.0 Å². The molecule has 4 aromatic carbocycles. The Morgan fingerprint density at radius 1 is 0.446 bits per heavy atom. The van der Waals surface area contributed by atoms with E-state index in [4.69, 9.17) is 33.2 Å². The van der Waals surface area contributed by atoms with E-state index in [0.717, 1.165) is 68.5 Å². The first kappa shape index (κ1) is 37.5. The molecule has 8 nitrogen and oxygen atoms in total. The SMILES string of the molecule is OCCCOc1ccc(C2(c3ccc(OCC4CO4)cc3)CCC(C3CCC(c4ccc(OCC5CO5)cc4)(c4ccc(OCC5CO5)cc4)CC3)CC2)cc1. The topological polar surface area (TPSA) is 94.7 Å². The Labute approximate surface area is 331 Å². The van der Waals surface area contributed by atoms with Gasteiger partial charge < -0.3 is 38.3 Å². The van der Waals surface area contributed by atoms with E-state index in [2.05, 4.69) is 97.1 Å². The third kappa shape index (κ3) is 8.74. The summed E-state index contributed by atoms with van der Waals surface area (Å²) in [7, 11) is 0. The molecule has 5 aliphatic rings. The summed E-state index contributed by atoms with van der Waals surface area (Å²) in [6.45, 7) is 4.88. The van der Waals surface area contributed by atoms with Crippen LogP contribution in [0.25, 0.3) is 0 Å². The zero-order valence-corrected chi connectivity index (χ0v) is 32.5. The molecule has 0 spiro atoms. The molecule has 8 heteroatoms. The predicted octanol–water partition coefficient (Wildman–Crippen LogP) is 8.43. The highest BCUT2D eigenvalue weighted by molar-refractivity contribution is 5.46. The summed E-state index contributed by atoms with van der Waals surface area (Å²) in [4.78, 5) is 0. The fourth-order valence-corrected chi connectivity index (χ4v) is 9.49. The largest absolute Gasteiger partial charge is 0.494 e. The van der Waals surface area contributed by atoms with Gasteiger partial charge in [-0.25, -0.2) is 0 Å². The van der Waals surface area contributed by atoms with E-state index in [1.807, 2.05) is 0 Å². The fourth-order valence-electron chi connectivity index (χ4n) is 9.49. The molecular formula is C48H56O8. The number of ether oxygens (including phenoxy) is 7. The van der Waals surface area contributed by atoms with E-state index in [-0.39, 0.29) is 35.7 Å². The number of epoxide rings is 3. The monoisotopic (exact) mass is 760 g/mol. The van der Waals surface area contributed by atoms with E-state index < -0.39 is 0 Å². The highest BCUT2D eigenvalue weighted by Gasteiger charge is 2.44. The Hall–Kier alpha value is -4.08. The van der Waals surface area contributed by atoms with Crippen molar-refractivity contribution >= 4 is 0 Å². The Kier molecular flexibility index (Phi) is 11.2. The molecule has 3 heterocycles. The van der Waals surface area contributed by atoms with Gasteiger partial charge in [0.2, 0.25) is 0 Å². The molecule has 3 unspecified atom stereocenters. The van der Waals surface area contributed by atoms with Crippen molar-refractivity contribution in [1.82, 2.24) is 0 Å². The van der Waals surface area contributed by atoms with Crippen molar-refractivity contribution in [1.29, 1.82) is 0 Å². The average molecular weight is 761 g/mol. The molecule has 3 saturated heterocycles. The van der Waals surface area contributed by atoms with Crippen LogP contribution in [0.3, 0.4) is 0 Å². The van der Waals surface area contributed by atoms with Crippen molar-refractivity contribution in [3.05, 3.63) is 119 Å². The van der Waals surface area contributed by atoms with Crippen LogP contribution >= 0.6 is 0 Å². The molecule has 0 bridgehead atoms. The second-order valence-electron chi connectivity index (χ2n) is 16.7. The van der Waals surface area contributed by atoms with Gasteiger partial charge in [-0.1, -0.05) is 48.5 Å². The minimum atomic E-state index is -0.0679. The van der Waals surface area contributed by atoms with Crippen molar-refractivity contribution in [2.45, 2.75) is 86.9 Å². The third-order valence-electron chi connectivity index (χ3n) is 13.1. The van der Waals surface area contributed by atoms with Crippen molar-refractivity contribution in [2.24, 2.45) is 11.8 Å². The first-order valence-corrected chi connectivity index (χ1v) is 21.0. The van der Waals surface area contributed by atoms with Crippen LogP contribution < -0.4 is 18.9 Å². The molecule has 9 rings (SSSR count). The van der Waals surface area contributed by atoms with Gasteiger partial charge in [0, 0.05) is 23.9 Å². The lowest BCUT2D eigenvalue weighted by molar-refractivity contribution is 0.140. The van der Waals surface area contributed by atoms with Gasteiger partial charge >= 0.3 is 0 Å². The zero-order chi connectivity index (χ0) is 37.8. The highest BCUT2D eigenvalue weighted by atomic mass is 16.6. The van der Waals surface area contributed by atoms with E-state index in [1.165, 1.54) is 47.9 Å². The van der Waals surface area contributed by atoms with Crippen LogP contribution in [0.4, 0.5) is 0 Å². The van der Waals surface area contributed by atoms with Crippen LogP contribution in [0.1, 0.15) is 80.0 Å². The summed E-state index contributed by atoms with van der Waals surface area (Å²) >= 11 is 0. The smallest absolute Gasteiger partial charge is 0.119 e. The molecule has 296 valence electrons. The van der Waals surface area contributed by atoms with Crippen molar-refractivity contribution < 1.29 is 38.3 Å². The summed E-state index contributed by atoms with van der Waals surface area (Å²) in [5.74, 6) is 4.96. The number of hydrogen-bond acceptors (Lipinski definition) is 8. The van der Waals surface area contributed by atoms with Crippen LogP contribution in [0.15, 0.2) is 97.1 Å². The van der Waals surface area contributed by atoms with Crippen LogP contribution in [0.2, 0.25) is 0 Å². The van der Waals surface area contributed by atoms with Crippen LogP contribution in [-0.4, -0.2) is 76.3 Å². The van der Waals surface area contributed by atoms with Gasteiger partial charge in [0.15, 0.2) is 0 Å². The highest BCUT2D eigenvalue weighted by Crippen LogP contribution is 2.54. The number of aliphatic hydroxyl groups excluding tert-OH is 1. The average Bonchev–Trinajstić information content (AvgIpc) is 4.10. The molecule has 4 aromatic rings. The minimum Gasteiger partial charge on any atom is -0.494 e. The molecule has 1 N–H and O–H groups in total. The quantitative estimate of drug-likeness (QED) is 0.0799. The molecule has 2 aliphatic carbocycles. The van der Waals surface area contributed by atoms with Crippen molar-refractivity contribution in [2.75, 3.05) is 52.9 Å². The Bertz CT molecular complexity index is 1770. The first-order valence-electron chi connectivity index (χ1n) is 21.0. The minimum absolute atomic E-state index is 0.0539. The van der Waals surface area contributed by atoms with E-state index in [9.17, 15) is 5.11 Å². The van der Waals surface area contributed by atoms with Gasteiger partial charge in [-0.3, -0.25) is 0 Å². The van der Waals surface area contributed by atoms with Crippen LogP contribution in [0.5, 0.6) is 23.0 Å². The maximum absolute atomic E-state index is 9.22. The van der Waals surface area contributed by atoms with Gasteiger partial charge in [0.1, 0.15) is 61.1 Å². The summed E-state index contributed by atoms with van der Waals surface area (Å²) in [6.07, 6.45) is 10.6. The number of aliphatic hydroxyl groups is 1. The van der Waals surface area contributed by atoms with Crippen LogP contribution in [-0.2, 0) is 25.0 Å². The molecule has 3 atom stereocenters. The van der Waals surface area contributed by atoms with Gasteiger partial charge in [-0.15, -0.1) is 0 Å². The lowest BCUT2D eigenvalue weighted by Crippen LogP contribution is -2.38. The van der Waals surface area contributed by atoms with E-state index in [1.54, 1.807) is 0 Å². The summed E-state index contributed by atoms with van der Waals surface area (Å²) in [5.41, 5.74) is 5.33. The Morgan fingerprint density at radius 3 is 1.00 bits per heavy atom. The molecule has 3 aliphatic heterocycles. The summed E-state index contributed by atoms with van der Waals surface area (Å²) < 4.78 is 40.1. The van der Waals surface area contributed by atoms with E-state index in [0.29, 0.717) is 44.7 Å². The van der Waals surface area contributed by atoms with Gasteiger partial charge in [0.05, 0.1) is 26.4 Å². The van der Waals surface area contributed by atoms with Crippen molar-refractivity contribution in [3.63, 3.8) is 0 Å². The van der Waals surface area contributed by atoms with Gasteiger partial charge in [-0.05, 0) is 134 Å². The second kappa shape index (κ2) is 16.8. The summed E-state index contributed by atoms with van der Waals surface area (Å²) in [6, 6.07) is 35.4. The Morgan fingerprint density at radius 2 is 0.732 bits per heavy atom. The number of hydrogen-bond donors (Lipinski definition) is 1. The lowest BCUT2D eigenvalue weighted by Gasteiger charge is -2.47. The maximum Gasteiger partial charge on any atom is 0.119 e. The van der Waals surface area contributed by atoms with Crippen LogP contribution in [0, 0.1) is 11.8 Å². The zero-order valence-electron chi connectivity index (χ0n) is 32.5. The molecule has 0 amide bonds. The third-order valence-corrected chi connectivity index (χ3v) is 13.1. The first-order chi connectivity index (χ1) is 27.6. The van der Waals surface area contributed by atoms with Gasteiger partial charge in [0.25, 0.3) is 0 Å². The predicted molar refractivity (Wildman–Crippen MR) is 214 cm³/mol. The normalized spacial score (nSPS) is 29.3. The lowest BCUT2D eigenvalue weighted by atomic mass is 9.57. The maximum atomic E-state index is 9.22. The molecule has 0 aromatic heterocycles. The summed E-state index contributed by atoms with van der Waals surface area (Å²) in [5, 5.41) is 9.22. The Balaban J connectivity index is 0.908. The molecular weight excluding hydrogens is 705 g/mol.